The molecule has 3 heterocycles. The predicted octanol–water partition coefficient (Wildman–Crippen LogP) is 2.45. The molecule has 6 nitrogen and oxygen atoms in total. The Labute approximate surface area is 148 Å². The number of anilines is 1. The molecule has 25 heavy (non-hydrogen) atoms. The number of carbonyl (C=O) groups excluding carboxylic acids is 1. The minimum atomic E-state index is 0.00936. The van der Waals surface area contributed by atoms with Crippen molar-refractivity contribution in [3.8, 4) is 5.75 Å². The standard InChI is InChI=1S/C19H24N4O2/c1-14-11-16(5-6-20-14)22-7-4-8-23(10-9-22)19(24)17-12-15(2)21-13-18(17)25-3/h5-6,11-13H,4,7-10H2,1-3H3. The van der Waals surface area contributed by atoms with Gasteiger partial charge in [0.15, 0.2) is 0 Å². The molecule has 0 unspecified atom stereocenters. The molecule has 0 N–H and O–H groups in total. The Hall–Kier alpha value is -2.63. The monoisotopic (exact) mass is 340 g/mol. The molecule has 0 radical (unpaired) electrons. The van der Waals surface area contributed by atoms with E-state index in [1.165, 1.54) is 5.69 Å². The van der Waals surface area contributed by atoms with Gasteiger partial charge in [-0.3, -0.25) is 14.8 Å². The van der Waals surface area contributed by atoms with Crippen LogP contribution in [0.4, 0.5) is 5.69 Å². The van der Waals surface area contributed by atoms with Crippen LogP contribution in [0.1, 0.15) is 28.2 Å². The number of nitrogens with zero attached hydrogens (tertiary/aromatic N) is 4. The van der Waals surface area contributed by atoms with E-state index in [0.29, 0.717) is 17.9 Å². The molecule has 132 valence electrons. The molecule has 0 aliphatic carbocycles. The van der Waals surface area contributed by atoms with Crippen LogP contribution < -0.4 is 9.64 Å². The Morgan fingerprint density at radius 3 is 2.64 bits per heavy atom. The van der Waals surface area contributed by atoms with Gasteiger partial charge in [0.05, 0.1) is 18.9 Å². The molecule has 3 rings (SSSR count). The summed E-state index contributed by atoms with van der Waals surface area (Å²) in [5.41, 5.74) is 3.57. The zero-order valence-corrected chi connectivity index (χ0v) is 15.0. The fraction of sp³-hybridized carbons (Fsp3) is 0.421. The minimum absolute atomic E-state index is 0.00936. The van der Waals surface area contributed by atoms with Crippen molar-refractivity contribution in [1.29, 1.82) is 0 Å². The summed E-state index contributed by atoms with van der Waals surface area (Å²) in [6, 6.07) is 5.92. The minimum Gasteiger partial charge on any atom is -0.494 e. The van der Waals surface area contributed by atoms with E-state index in [-0.39, 0.29) is 5.91 Å². The van der Waals surface area contributed by atoms with Gasteiger partial charge in [-0.2, -0.15) is 0 Å². The van der Waals surface area contributed by atoms with Crippen molar-refractivity contribution < 1.29 is 9.53 Å². The lowest BCUT2D eigenvalue weighted by Crippen LogP contribution is -2.35. The Bertz CT molecular complexity index is 763. The summed E-state index contributed by atoms with van der Waals surface area (Å²) in [5, 5.41) is 0. The Kier molecular flexibility index (Phi) is 5.16. The van der Waals surface area contributed by atoms with Gasteiger partial charge in [-0.1, -0.05) is 0 Å². The molecule has 1 aliphatic rings. The number of hydrogen-bond donors (Lipinski definition) is 0. The highest BCUT2D eigenvalue weighted by molar-refractivity contribution is 5.97. The lowest BCUT2D eigenvalue weighted by molar-refractivity contribution is 0.0763. The molecule has 0 aromatic carbocycles. The molecular formula is C19H24N4O2. The van der Waals surface area contributed by atoms with E-state index in [0.717, 1.165) is 37.4 Å². The second-order valence-corrected chi connectivity index (χ2v) is 6.31. The van der Waals surface area contributed by atoms with Crippen LogP contribution in [0, 0.1) is 13.8 Å². The molecule has 1 amide bonds. The third-order valence-electron chi connectivity index (χ3n) is 4.48. The second-order valence-electron chi connectivity index (χ2n) is 6.31. The number of amides is 1. The zero-order chi connectivity index (χ0) is 17.8. The maximum Gasteiger partial charge on any atom is 0.257 e. The smallest absolute Gasteiger partial charge is 0.257 e. The van der Waals surface area contributed by atoms with Crippen molar-refractivity contribution in [2.24, 2.45) is 0 Å². The number of hydrogen-bond acceptors (Lipinski definition) is 5. The summed E-state index contributed by atoms with van der Waals surface area (Å²) in [6.07, 6.45) is 4.38. The van der Waals surface area contributed by atoms with Gasteiger partial charge >= 0.3 is 0 Å². The number of aromatic nitrogens is 2. The Balaban J connectivity index is 1.75. The van der Waals surface area contributed by atoms with Gasteiger partial charge < -0.3 is 14.5 Å². The molecule has 0 atom stereocenters. The van der Waals surface area contributed by atoms with E-state index in [4.69, 9.17) is 4.74 Å². The van der Waals surface area contributed by atoms with Crippen molar-refractivity contribution in [3.63, 3.8) is 0 Å². The molecule has 1 fully saturated rings. The van der Waals surface area contributed by atoms with Gasteiger partial charge in [-0.15, -0.1) is 0 Å². The van der Waals surface area contributed by atoms with E-state index in [1.807, 2.05) is 31.0 Å². The van der Waals surface area contributed by atoms with Crippen molar-refractivity contribution >= 4 is 11.6 Å². The van der Waals surface area contributed by atoms with Gasteiger partial charge in [-0.05, 0) is 38.5 Å². The van der Waals surface area contributed by atoms with Gasteiger partial charge in [0.25, 0.3) is 5.91 Å². The largest absolute Gasteiger partial charge is 0.494 e. The van der Waals surface area contributed by atoms with Crippen molar-refractivity contribution in [3.05, 3.63) is 47.5 Å². The number of ether oxygens (including phenoxy) is 1. The number of carbonyl (C=O) groups is 1. The fourth-order valence-corrected chi connectivity index (χ4v) is 3.15. The molecule has 0 spiro atoms. The van der Waals surface area contributed by atoms with Crippen LogP contribution in [-0.4, -0.2) is 54.1 Å². The quantitative estimate of drug-likeness (QED) is 0.859. The van der Waals surface area contributed by atoms with E-state index >= 15 is 0 Å². The highest BCUT2D eigenvalue weighted by Gasteiger charge is 2.23. The summed E-state index contributed by atoms with van der Waals surface area (Å²) >= 11 is 0. The van der Waals surface area contributed by atoms with Crippen LogP contribution in [-0.2, 0) is 0 Å². The normalized spacial score (nSPS) is 15.0. The molecule has 6 heteroatoms. The molecular weight excluding hydrogens is 316 g/mol. The van der Waals surface area contributed by atoms with Crippen LogP contribution in [0.5, 0.6) is 5.75 Å². The highest BCUT2D eigenvalue weighted by Crippen LogP contribution is 2.22. The van der Waals surface area contributed by atoms with Crippen LogP contribution >= 0.6 is 0 Å². The third kappa shape index (κ3) is 3.90. The summed E-state index contributed by atoms with van der Waals surface area (Å²) in [5.74, 6) is 0.538. The first-order chi connectivity index (χ1) is 12.1. The van der Waals surface area contributed by atoms with Gasteiger partial charge in [-0.25, -0.2) is 0 Å². The van der Waals surface area contributed by atoms with Gasteiger partial charge in [0, 0.05) is 49.5 Å². The second kappa shape index (κ2) is 7.51. The first-order valence-corrected chi connectivity index (χ1v) is 8.56. The van der Waals surface area contributed by atoms with Gasteiger partial charge in [0.1, 0.15) is 5.75 Å². The number of methoxy groups -OCH3 is 1. The van der Waals surface area contributed by atoms with E-state index in [2.05, 4.69) is 20.9 Å². The highest BCUT2D eigenvalue weighted by atomic mass is 16.5. The lowest BCUT2D eigenvalue weighted by atomic mass is 10.2. The van der Waals surface area contributed by atoms with Crippen molar-refractivity contribution in [2.45, 2.75) is 20.3 Å². The molecule has 0 bridgehead atoms. The molecule has 2 aromatic heterocycles. The SMILES string of the molecule is COc1cnc(C)cc1C(=O)N1CCCN(c2ccnc(C)c2)CC1. The average Bonchev–Trinajstić information content (AvgIpc) is 2.87. The number of aryl methyl sites for hydroxylation is 2. The maximum absolute atomic E-state index is 13.0. The molecule has 0 saturated carbocycles. The Morgan fingerprint density at radius 1 is 1.08 bits per heavy atom. The van der Waals surface area contributed by atoms with E-state index in [1.54, 1.807) is 19.4 Å². The first kappa shape index (κ1) is 17.2. The van der Waals surface area contributed by atoms with Crippen LogP contribution in [0.25, 0.3) is 0 Å². The summed E-state index contributed by atoms with van der Waals surface area (Å²) < 4.78 is 5.32. The van der Waals surface area contributed by atoms with Crippen molar-refractivity contribution in [2.75, 3.05) is 38.2 Å². The van der Waals surface area contributed by atoms with E-state index in [9.17, 15) is 4.79 Å². The number of rotatable bonds is 3. The molecule has 1 aliphatic heterocycles. The van der Waals surface area contributed by atoms with Crippen LogP contribution in [0.15, 0.2) is 30.6 Å². The summed E-state index contributed by atoms with van der Waals surface area (Å²) in [4.78, 5) is 25.7. The predicted molar refractivity (Wildman–Crippen MR) is 97.2 cm³/mol. The first-order valence-electron chi connectivity index (χ1n) is 8.56. The summed E-state index contributed by atoms with van der Waals surface area (Å²) in [7, 11) is 1.57. The topological polar surface area (TPSA) is 58.6 Å². The molecule has 2 aromatic rings. The third-order valence-corrected chi connectivity index (χ3v) is 4.48. The Morgan fingerprint density at radius 2 is 1.88 bits per heavy atom. The van der Waals surface area contributed by atoms with Gasteiger partial charge in [0.2, 0.25) is 0 Å². The van der Waals surface area contributed by atoms with E-state index < -0.39 is 0 Å². The molecule has 1 saturated heterocycles. The number of pyridine rings is 2. The maximum atomic E-state index is 13.0. The van der Waals surface area contributed by atoms with Crippen molar-refractivity contribution in [1.82, 2.24) is 14.9 Å². The fourth-order valence-electron chi connectivity index (χ4n) is 3.15. The average molecular weight is 340 g/mol. The summed E-state index contributed by atoms with van der Waals surface area (Å²) in [6.45, 7) is 7.04. The zero-order valence-electron chi connectivity index (χ0n) is 15.0. The lowest BCUT2D eigenvalue weighted by Gasteiger charge is -2.24. The van der Waals surface area contributed by atoms with Crippen LogP contribution in [0.3, 0.4) is 0 Å². The van der Waals surface area contributed by atoms with Crippen LogP contribution in [0.2, 0.25) is 0 Å².